The molecule has 2 rings (SSSR count). The summed E-state index contributed by atoms with van der Waals surface area (Å²) < 4.78 is 0. The number of anilines is 2. The summed E-state index contributed by atoms with van der Waals surface area (Å²) in [5, 5.41) is 1.90. The molecule has 0 spiro atoms. The van der Waals surface area contributed by atoms with Crippen LogP contribution in [0.2, 0.25) is 0 Å². The van der Waals surface area contributed by atoms with Crippen molar-refractivity contribution in [2.75, 3.05) is 17.2 Å². The van der Waals surface area contributed by atoms with E-state index < -0.39 is 0 Å². The Hall–Kier alpha value is -0.770. The minimum absolute atomic E-state index is 0.647. The van der Waals surface area contributed by atoms with E-state index >= 15 is 0 Å². The van der Waals surface area contributed by atoms with E-state index in [2.05, 4.69) is 16.8 Å². The van der Waals surface area contributed by atoms with Crippen molar-refractivity contribution < 1.29 is 0 Å². The standard InChI is InChI=1S/C9H15N3S/c1-7-4-2-3-5-12(7)8-6-11-9(10)13-8/h6-7H,2-5H2,1H3,(H2,10,11). The Bertz CT molecular complexity index is 284. The first-order valence-corrected chi connectivity index (χ1v) is 5.57. The van der Waals surface area contributed by atoms with Gasteiger partial charge >= 0.3 is 0 Å². The number of thiazole rings is 1. The largest absolute Gasteiger partial charge is 0.375 e. The lowest BCUT2D eigenvalue weighted by atomic mass is 10.0. The normalized spacial score (nSPS) is 23.5. The highest BCUT2D eigenvalue weighted by molar-refractivity contribution is 7.19. The molecule has 0 saturated carbocycles. The SMILES string of the molecule is CC1CCCCN1c1cnc(N)s1. The highest BCUT2D eigenvalue weighted by Crippen LogP contribution is 2.30. The van der Waals surface area contributed by atoms with Crippen LogP contribution in [0.3, 0.4) is 0 Å². The molecule has 0 bridgehead atoms. The molecule has 0 radical (unpaired) electrons. The fourth-order valence-corrected chi connectivity index (χ4v) is 2.65. The van der Waals surface area contributed by atoms with Crippen molar-refractivity contribution in [3.63, 3.8) is 0 Å². The van der Waals surface area contributed by atoms with Gasteiger partial charge in [-0.3, -0.25) is 0 Å². The van der Waals surface area contributed by atoms with E-state index in [-0.39, 0.29) is 0 Å². The molecule has 72 valence electrons. The second kappa shape index (κ2) is 3.54. The fourth-order valence-electron chi connectivity index (χ4n) is 1.84. The Morgan fingerprint density at radius 1 is 1.62 bits per heavy atom. The number of nitrogen functional groups attached to an aromatic ring is 1. The van der Waals surface area contributed by atoms with E-state index in [1.807, 2.05) is 6.20 Å². The van der Waals surface area contributed by atoms with E-state index in [1.54, 1.807) is 11.3 Å². The zero-order valence-corrected chi connectivity index (χ0v) is 8.68. The van der Waals surface area contributed by atoms with Crippen molar-refractivity contribution in [3.8, 4) is 0 Å². The Kier molecular flexibility index (Phi) is 2.40. The maximum Gasteiger partial charge on any atom is 0.181 e. The molecule has 4 heteroatoms. The van der Waals surface area contributed by atoms with Gasteiger partial charge in [0.15, 0.2) is 5.13 Å². The number of nitrogens with two attached hydrogens (primary N) is 1. The first-order valence-electron chi connectivity index (χ1n) is 4.75. The number of piperidine rings is 1. The molecule has 1 aromatic rings. The molecule has 1 aliphatic rings. The van der Waals surface area contributed by atoms with Crippen LogP contribution in [0.25, 0.3) is 0 Å². The van der Waals surface area contributed by atoms with E-state index in [0.717, 1.165) is 6.54 Å². The van der Waals surface area contributed by atoms with Gasteiger partial charge in [-0.05, 0) is 26.2 Å². The molecule has 1 unspecified atom stereocenters. The van der Waals surface area contributed by atoms with Gasteiger partial charge in [-0.25, -0.2) is 4.98 Å². The van der Waals surface area contributed by atoms with Crippen LogP contribution in [-0.4, -0.2) is 17.6 Å². The van der Waals surface area contributed by atoms with Crippen LogP contribution < -0.4 is 10.6 Å². The van der Waals surface area contributed by atoms with Crippen LogP contribution in [0.15, 0.2) is 6.20 Å². The van der Waals surface area contributed by atoms with Crippen LogP contribution in [0, 0.1) is 0 Å². The third kappa shape index (κ3) is 1.77. The Labute approximate surface area is 82.6 Å². The number of nitrogens with zero attached hydrogens (tertiary/aromatic N) is 2. The molecular formula is C9H15N3S. The summed E-state index contributed by atoms with van der Waals surface area (Å²) in [5.41, 5.74) is 5.61. The Morgan fingerprint density at radius 3 is 3.08 bits per heavy atom. The lowest BCUT2D eigenvalue weighted by Gasteiger charge is -2.33. The molecule has 0 aliphatic carbocycles. The zero-order valence-electron chi connectivity index (χ0n) is 7.86. The second-order valence-electron chi connectivity index (χ2n) is 3.57. The molecule has 1 atom stereocenters. The number of rotatable bonds is 1. The van der Waals surface area contributed by atoms with Crippen molar-refractivity contribution in [1.82, 2.24) is 4.98 Å². The molecule has 2 N–H and O–H groups in total. The third-order valence-corrected chi connectivity index (χ3v) is 3.46. The van der Waals surface area contributed by atoms with Crippen LogP contribution in [0.5, 0.6) is 0 Å². The van der Waals surface area contributed by atoms with Crippen LogP contribution >= 0.6 is 11.3 Å². The number of aromatic nitrogens is 1. The monoisotopic (exact) mass is 197 g/mol. The summed E-state index contributed by atoms with van der Waals surface area (Å²) in [6.45, 7) is 3.43. The topological polar surface area (TPSA) is 42.2 Å². The van der Waals surface area contributed by atoms with Crippen LogP contribution in [0.1, 0.15) is 26.2 Å². The predicted molar refractivity (Wildman–Crippen MR) is 57.2 cm³/mol. The summed E-state index contributed by atoms with van der Waals surface area (Å²) in [6.07, 6.45) is 5.83. The Morgan fingerprint density at radius 2 is 2.46 bits per heavy atom. The van der Waals surface area contributed by atoms with Gasteiger partial charge in [-0.15, -0.1) is 0 Å². The van der Waals surface area contributed by atoms with Crippen LogP contribution in [-0.2, 0) is 0 Å². The van der Waals surface area contributed by atoms with Gasteiger partial charge in [-0.2, -0.15) is 0 Å². The van der Waals surface area contributed by atoms with Crippen molar-refractivity contribution in [3.05, 3.63) is 6.20 Å². The van der Waals surface area contributed by atoms with E-state index in [0.29, 0.717) is 11.2 Å². The molecule has 3 nitrogen and oxygen atoms in total. The summed E-state index contributed by atoms with van der Waals surface area (Å²) >= 11 is 1.59. The highest BCUT2D eigenvalue weighted by atomic mass is 32.1. The summed E-state index contributed by atoms with van der Waals surface area (Å²) in [7, 11) is 0. The van der Waals surface area contributed by atoms with Gasteiger partial charge < -0.3 is 10.6 Å². The van der Waals surface area contributed by atoms with Gasteiger partial charge in [0.2, 0.25) is 0 Å². The van der Waals surface area contributed by atoms with E-state index in [4.69, 9.17) is 5.73 Å². The van der Waals surface area contributed by atoms with Gasteiger partial charge in [0.1, 0.15) is 5.00 Å². The predicted octanol–water partition coefficient (Wildman–Crippen LogP) is 2.10. The first kappa shape index (κ1) is 8.81. The fraction of sp³-hybridized carbons (Fsp3) is 0.667. The molecule has 13 heavy (non-hydrogen) atoms. The number of hydrogen-bond acceptors (Lipinski definition) is 4. The van der Waals surface area contributed by atoms with Gasteiger partial charge in [-0.1, -0.05) is 11.3 Å². The van der Waals surface area contributed by atoms with Crippen molar-refractivity contribution in [2.24, 2.45) is 0 Å². The molecular weight excluding hydrogens is 182 g/mol. The quantitative estimate of drug-likeness (QED) is 0.749. The molecule has 1 aliphatic heterocycles. The molecule has 1 fully saturated rings. The third-order valence-electron chi connectivity index (χ3n) is 2.60. The lowest BCUT2D eigenvalue weighted by Crippen LogP contribution is -2.36. The zero-order chi connectivity index (χ0) is 9.26. The number of hydrogen-bond donors (Lipinski definition) is 1. The second-order valence-corrected chi connectivity index (χ2v) is 4.62. The van der Waals surface area contributed by atoms with Crippen molar-refractivity contribution in [2.45, 2.75) is 32.2 Å². The minimum Gasteiger partial charge on any atom is -0.375 e. The summed E-state index contributed by atoms with van der Waals surface area (Å²) in [5.74, 6) is 0. The molecule has 0 aromatic carbocycles. The lowest BCUT2D eigenvalue weighted by molar-refractivity contribution is 0.487. The smallest absolute Gasteiger partial charge is 0.181 e. The van der Waals surface area contributed by atoms with Gasteiger partial charge in [0.05, 0.1) is 6.20 Å². The van der Waals surface area contributed by atoms with Gasteiger partial charge in [0.25, 0.3) is 0 Å². The Balaban J connectivity index is 2.14. The molecule has 1 aromatic heterocycles. The molecule has 2 heterocycles. The van der Waals surface area contributed by atoms with Crippen molar-refractivity contribution in [1.29, 1.82) is 0 Å². The van der Waals surface area contributed by atoms with E-state index in [1.165, 1.54) is 24.3 Å². The maximum absolute atomic E-state index is 5.61. The maximum atomic E-state index is 5.61. The average Bonchev–Trinajstić information content (AvgIpc) is 2.53. The average molecular weight is 197 g/mol. The molecule has 1 saturated heterocycles. The van der Waals surface area contributed by atoms with Crippen molar-refractivity contribution >= 4 is 21.5 Å². The first-order chi connectivity index (χ1) is 6.27. The van der Waals surface area contributed by atoms with Gasteiger partial charge in [0, 0.05) is 12.6 Å². The molecule has 0 amide bonds. The van der Waals surface area contributed by atoms with Crippen LogP contribution in [0.4, 0.5) is 10.1 Å². The summed E-state index contributed by atoms with van der Waals surface area (Å²) in [4.78, 5) is 6.50. The minimum atomic E-state index is 0.647. The van der Waals surface area contributed by atoms with E-state index in [9.17, 15) is 0 Å². The summed E-state index contributed by atoms with van der Waals surface area (Å²) in [6, 6.07) is 0.647. The highest BCUT2D eigenvalue weighted by Gasteiger charge is 2.19.